The average molecular weight is 445 g/mol. The lowest BCUT2D eigenvalue weighted by Gasteiger charge is -2.35. The Morgan fingerprint density at radius 2 is 1.65 bits per heavy atom. The zero-order valence-corrected chi connectivity index (χ0v) is 18.1. The van der Waals surface area contributed by atoms with Crippen molar-refractivity contribution in [3.05, 3.63) is 54.6 Å². The van der Waals surface area contributed by atoms with Crippen molar-refractivity contribution >= 4 is 39.1 Å². The maximum absolute atomic E-state index is 12.8. The molecule has 0 saturated carbocycles. The van der Waals surface area contributed by atoms with E-state index in [1.807, 2.05) is 30.3 Å². The largest absolute Gasteiger partial charge is 0.330 e. The average Bonchev–Trinajstić information content (AvgIpc) is 2.73. The summed E-state index contributed by atoms with van der Waals surface area (Å²) in [6.07, 6.45) is 0. The number of anilines is 2. The van der Waals surface area contributed by atoms with Crippen LogP contribution in [0, 0.1) is 0 Å². The predicted molar refractivity (Wildman–Crippen MR) is 116 cm³/mol. The first kappa shape index (κ1) is 22.4. The minimum absolute atomic E-state index is 0.0359. The Morgan fingerprint density at radius 3 is 2.23 bits per heavy atom. The van der Waals surface area contributed by atoms with Crippen LogP contribution in [0.3, 0.4) is 0 Å². The number of hydrogen-bond donors (Lipinski definition) is 2. The summed E-state index contributed by atoms with van der Waals surface area (Å²) in [4.78, 5) is 39.3. The van der Waals surface area contributed by atoms with Gasteiger partial charge >= 0.3 is 0 Å². The first-order valence-electron chi connectivity index (χ1n) is 9.71. The van der Waals surface area contributed by atoms with Gasteiger partial charge in [0.2, 0.25) is 27.7 Å². The van der Waals surface area contributed by atoms with Gasteiger partial charge in [-0.05, 0) is 43.3 Å². The molecule has 1 fully saturated rings. The molecule has 9 nitrogen and oxygen atoms in total. The van der Waals surface area contributed by atoms with E-state index < -0.39 is 22.0 Å². The zero-order valence-electron chi connectivity index (χ0n) is 17.2. The van der Waals surface area contributed by atoms with Crippen LogP contribution in [0.15, 0.2) is 59.5 Å². The zero-order chi connectivity index (χ0) is 22.6. The van der Waals surface area contributed by atoms with Gasteiger partial charge in [0.05, 0.1) is 10.9 Å². The molecule has 2 aromatic rings. The Hall–Kier alpha value is -3.24. The summed E-state index contributed by atoms with van der Waals surface area (Å²) in [5.74, 6) is -0.969. The topological polar surface area (TPSA) is 116 Å². The minimum Gasteiger partial charge on any atom is -0.330 e. The van der Waals surface area contributed by atoms with Gasteiger partial charge in [0, 0.05) is 31.4 Å². The third-order valence-corrected chi connectivity index (χ3v) is 6.34. The standard InChI is InChI=1S/C21H24N4O5S/c1-15(23-31(29,30)19-10-8-17(9-11-19)22-16(2)26)21(28)24-12-13-25(20(27)14-24)18-6-4-3-5-7-18/h3-11,15,23H,12-14H2,1-2H3,(H,22,26)/t15-/m0/s1. The smallest absolute Gasteiger partial charge is 0.246 e. The monoisotopic (exact) mass is 444 g/mol. The van der Waals surface area contributed by atoms with E-state index >= 15 is 0 Å². The number of sulfonamides is 1. The maximum Gasteiger partial charge on any atom is 0.246 e. The van der Waals surface area contributed by atoms with Crippen LogP contribution in [0.25, 0.3) is 0 Å². The van der Waals surface area contributed by atoms with Crippen molar-refractivity contribution in [2.24, 2.45) is 0 Å². The summed E-state index contributed by atoms with van der Waals surface area (Å²) in [5, 5.41) is 2.55. The number of nitrogens with zero attached hydrogens (tertiary/aromatic N) is 2. The number of rotatable bonds is 6. The van der Waals surface area contributed by atoms with Crippen molar-refractivity contribution < 1.29 is 22.8 Å². The van der Waals surface area contributed by atoms with Gasteiger partial charge in [0.15, 0.2) is 0 Å². The lowest BCUT2D eigenvalue weighted by atomic mass is 10.2. The second-order valence-electron chi connectivity index (χ2n) is 7.19. The number of amides is 3. The van der Waals surface area contributed by atoms with Gasteiger partial charge in [-0.1, -0.05) is 18.2 Å². The molecular formula is C21H24N4O5S. The van der Waals surface area contributed by atoms with Crippen LogP contribution in [0.5, 0.6) is 0 Å². The molecule has 3 amide bonds. The molecule has 3 rings (SSSR count). The second-order valence-corrected chi connectivity index (χ2v) is 8.90. The Balaban J connectivity index is 1.62. The molecule has 1 aliphatic rings. The quantitative estimate of drug-likeness (QED) is 0.694. The fourth-order valence-electron chi connectivity index (χ4n) is 3.29. The van der Waals surface area contributed by atoms with Crippen molar-refractivity contribution in [2.75, 3.05) is 29.9 Å². The van der Waals surface area contributed by atoms with Gasteiger partial charge in [-0.2, -0.15) is 4.72 Å². The van der Waals surface area contributed by atoms with E-state index in [-0.39, 0.29) is 23.3 Å². The van der Waals surface area contributed by atoms with E-state index in [1.54, 1.807) is 4.90 Å². The summed E-state index contributed by atoms with van der Waals surface area (Å²) in [5.41, 5.74) is 1.22. The Labute approximate surface area is 181 Å². The van der Waals surface area contributed by atoms with Gasteiger partial charge < -0.3 is 15.1 Å². The van der Waals surface area contributed by atoms with Crippen molar-refractivity contribution in [1.29, 1.82) is 0 Å². The number of nitrogens with one attached hydrogen (secondary N) is 2. The third kappa shape index (κ3) is 5.47. The van der Waals surface area contributed by atoms with Crippen molar-refractivity contribution in [1.82, 2.24) is 9.62 Å². The molecule has 0 unspecified atom stereocenters. The molecule has 0 bridgehead atoms. The second kappa shape index (κ2) is 9.27. The van der Waals surface area contributed by atoms with E-state index in [1.165, 1.54) is 43.0 Å². The SMILES string of the molecule is CC(=O)Nc1ccc(S(=O)(=O)N[C@@H](C)C(=O)N2CCN(c3ccccc3)C(=O)C2)cc1. The van der Waals surface area contributed by atoms with Crippen LogP contribution in [-0.4, -0.2) is 56.7 Å². The first-order chi connectivity index (χ1) is 14.7. The molecule has 1 aliphatic heterocycles. The number of benzene rings is 2. The van der Waals surface area contributed by atoms with Crippen LogP contribution in [0.4, 0.5) is 11.4 Å². The molecule has 1 atom stereocenters. The molecule has 0 radical (unpaired) electrons. The third-order valence-electron chi connectivity index (χ3n) is 4.79. The Morgan fingerprint density at radius 1 is 1.00 bits per heavy atom. The number of carbonyl (C=O) groups excluding carboxylic acids is 3. The van der Waals surface area contributed by atoms with Crippen molar-refractivity contribution in [3.8, 4) is 0 Å². The van der Waals surface area contributed by atoms with E-state index in [0.29, 0.717) is 18.8 Å². The van der Waals surface area contributed by atoms with Crippen molar-refractivity contribution in [2.45, 2.75) is 24.8 Å². The van der Waals surface area contributed by atoms with Gasteiger partial charge in [-0.15, -0.1) is 0 Å². The molecular weight excluding hydrogens is 420 g/mol. The highest BCUT2D eigenvalue weighted by Gasteiger charge is 2.32. The fraction of sp³-hybridized carbons (Fsp3) is 0.286. The summed E-state index contributed by atoms with van der Waals surface area (Å²) < 4.78 is 27.6. The molecule has 10 heteroatoms. The normalized spacial score (nSPS) is 15.5. The number of para-hydroxylation sites is 1. The number of carbonyl (C=O) groups is 3. The van der Waals surface area contributed by atoms with E-state index in [9.17, 15) is 22.8 Å². The molecule has 31 heavy (non-hydrogen) atoms. The molecule has 0 spiro atoms. The highest BCUT2D eigenvalue weighted by atomic mass is 32.2. The molecule has 0 aliphatic carbocycles. The fourth-order valence-corrected chi connectivity index (χ4v) is 4.48. The molecule has 1 saturated heterocycles. The summed E-state index contributed by atoms with van der Waals surface area (Å²) in [6.45, 7) is 3.31. The van der Waals surface area contributed by atoms with E-state index in [4.69, 9.17) is 0 Å². The Kier molecular flexibility index (Phi) is 6.71. The molecule has 0 aromatic heterocycles. The molecule has 2 aromatic carbocycles. The minimum atomic E-state index is -3.96. The van der Waals surface area contributed by atoms with Crippen LogP contribution in [0.1, 0.15) is 13.8 Å². The van der Waals surface area contributed by atoms with Crippen LogP contribution >= 0.6 is 0 Å². The van der Waals surface area contributed by atoms with E-state index in [0.717, 1.165) is 5.69 Å². The maximum atomic E-state index is 12.8. The van der Waals surface area contributed by atoms with Gasteiger partial charge in [-0.25, -0.2) is 8.42 Å². The lowest BCUT2D eigenvalue weighted by molar-refractivity contribution is -0.137. The highest BCUT2D eigenvalue weighted by molar-refractivity contribution is 7.89. The summed E-state index contributed by atoms with van der Waals surface area (Å²) in [7, 11) is -3.96. The highest BCUT2D eigenvalue weighted by Crippen LogP contribution is 2.18. The molecule has 164 valence electrons. The summed E-state index contributed by atoms with van der Waals surface area (Å²) >= 11 is 0. The lowest BCUT2D eigenvalue weighted by Crippen LogP contribution is -2.56. The van der Waals surface area contributed by atoms with Crippen LogP contribution in [0.2, 0.25) is 0 Å². The van der Waals surface area contributed by atoms with Gasteiger partial charge in [0.25, 0.3) is 0 Å². The number of piperazine rings is 1. The van der Waals surface area contributed by atoms with Crippen LogP contribution < -0.4 is 14.9 Å². The van der Waals surface area contributed by atoms with Gasteiger partial charge in [0.1, 0.15) is 6.54 Å². The Bertz CT molecular complexity index is 1070. The van der Waals surface area contributed by atoms with Crippen molar-refractivity contribution in [3.63, 3.8) is 0 Å². The number of hydrogen-bond acceptors (Lipinski definition) is 5. The van der Waals surface area contributed by atoms with E-state index in [2.05, 4.69) is 10.0 Å². The molecule has 2 N–H and O–H groups in total. The predicted octanol–water partition coefficient (Wildman–Crippen LogP) is 1.19. The first-order valence-corrected chi connectivity index (χ1v) is 11.2. The van der Waals surface area contributed by atoms with Gasteiger partial charge in [-0.3, -0.25) is 14.4 Å². The molecule has 1 heterocycles. The summed E-state index contributed by atoms with van der Waals surface area (Å²) in [6, 6.07) is 13.7. The van der Waals surface area contributed by atoms with Crippen LogP contribution in [-0.2, 0) is 24.4 Å².